The highest BCUT2D eigenvalue weighted by molar-refractivity contribution is 6.57. The Hall–Kier alpha value is -3.82. The quantitative estimate of drug-likeness (QED) is 0.266. The van der Waals surface area contributed by atoms with Gasteiger partial charge in [-0.25, -0.2) is 14.8 Å². The van der Waals surface area contributed by atoms with Gasteiger partial charge in [0.2, 0.25) is 22.2 Å². The Kier molecular flexibility index (Phi) is 7.14. The molecule has 2 radical (unpaired) electrons. The van der Waals surface area contributed by atoms with Gasteiger partial charge in [-0.2, -0.15) is 4.98 Å². The molecule has 1 aromatic carbocycles. The van der Waals surface area contributed by atoms with Crippen molar-refractivity contribution < 1.29 is 19.5 Å². The molecule has 0 fully saturated rings. The van der Waals surface area contributed by atoms with E-state index < -0.39 is 23.5 Å². The lowest BCUT2D eigenvalue weighted by atomic mass is 10.1. The van der Waals surface area contributed by atoms with Crippen molar-refractivity contribution in [2.45, 2.75) is 25.4 Å². The molecule has 0 bridgehead atoms. The number of aromatic nitrogens is 4. The van der Waals surface area contributed by atoms with Gasteiger partial charge in [-0.05, 0) is 37.1 Å². The largest absolute Gasteiger partial charge is 0.480 e. The van der Waals surface area contributed by atoms with Crippen LogP contribution in [0.1, 0.15) is 28.9 Å². The summed E-state index contributed by atoms with van der Waals surface area (Å²) < 4.78 is -0.234. The number of fused-ring (bicyclic) bond motifs is 1. The lowest BCUT2D eigenvalue weighted by molar-refractivity contribution is -0.139. The Labute approximate surface area is 189 Å². The van der Waals surface area contributed by atoms with Crippen molar-refractivity contribution in [1.29, 1.82) is 0 Å². The van der Waals surface area contributed by atoms with Crippen molar-refractivity contribution in [3.8, 4) is 0 Å². The van der Waals surface area contributed by atoms with Crippen molar-refractivity contribution in [3.63, 3.8) is 0 Å². The Balaban J connectivity index is 1.62. The summed E-state index contributed by atoms with van der Waals surface area (Å²) in [5, 5.41) is 14.7. The lowest BCUT2D eigenvalue weighted by Crippen LogP contribution is -2.41. The maximum atomic E-state index is 12.3. The summed E-state index contributed by atoms with van der Waals surface area (Å²) in [6.45, 7) is 0.252. The summed E-state index contributed by atoms with van der Waals surface area (Å²) in [4.78, 5) is 61.2. The zero-order chi connectivity index (χ0) is 23.3. The molecule has 0 saturated carbocycles. The Morgan fingerprint density at radius 1 is 1.19 bits per heavy atom. The van der Waals surface area contributed by atoms with Crippen LogP contribution in [-0.2, 0) is 16.1 Å². The zero-order valence-electron chi connectivity index (χ0n) is 16.7. The molecule has 1 atom stereocenters. The van der Waals surface area contributed by atoms with E-state index in [0.717, 1.165) is 0 Å². The van der Waals surface area contributed by atoms with Crippen molar-refractivity contribution in [2.75, 3.05) is 11.1 Å². The number of carbonyl (C=O) groups excluding carboxylic acids is 2. The summed E-state index contributed by atoms with van der Waals surface area (Å²) in [6.07, 6.45) is 1.49. The van der Waals surface area contributed by atoms with Gasteiger partial charge in [-0.1, -0.05) is 0 Å². The van der Waals surface area contributed by atoms with Crippen LogP contribution in [0.4, 0.5) is 11.6 Å². The first-order valence-corrected chi connectivity index (χ1v) is 9.98. The third-order valence-electron chi connectivity index (χ3n) is 4.39. The van der Waals surface area contributed by atoms with Crippen LogP contribution in [-0.4, -0.2) is 63.9 Å². The second-order valence-corrected chi connectivity index (χ2v) is 7.43. The number of nitrogens with zero attached hydrogens (tertiary/aromatic N) is 3. The van der Waals surface area contributed by atoms with Gasteiger partial charge in [-0.15, -0.1) is 0 Å². The minimum absolute atomic E-state index is 0.000780. The smallest absolute Gasteiger partial charge is 0.326 e. The van der Waals surface area contributed by atoms with Gasteiger partial charge in [0.1, 0.15) is 6.04 Å². The summed E-state index contributed by atoms with van der Waals surface area (Å²) in [5.41, 5.74) is 6.63. The fourth-order valence-corrected chi connectivity index (χ4v) is 2.94. The molecule has 162 valence electrons. The molecule has 0 aliphatic heterocycles. The summed E-state index contributed by atoms with van der Waals surface area (Å²) in [7, 11) is 0. The van der Waals surface area contributed by atoms with Gasteiger partial charge in [0, 0.05) is 15.9 Å². The predicted octanol–water partition coefficient (Wildman–Crippen LogP) is -0.434. The van der Waals surface area contributed by atoms with Gasteiger partial charge in [-0.3, -0.25) is 14.6 Å². The number of hydrogen-bond acceptors (Lipinski definition) is 9. The zero-order valence-corrected chi connectivity index (χ0v) is 17.8. The van der Waals surface area contributed by atoms with Gasteiger partial charge in [0.15, 0.2) is 11.2 Å². The van der Waals surface area contributed by atoms with Crippen LogP contribution in [0, 0.1) is 0 Å². The third-order valence-corrected chi connectivity index (χ3v) is 4.68. The van der Waals surface area contributed by atoms with Gasteiger partial charge >= 0.3 is 5.97 Å². The number of anilines is 2. The van der Waals surface area contributed by atoms with Crippen LogP contribution in [0.15, 0.2) is 35.3 Å². The van der Waals surface area contributed by atoms with Crippen LogP contribution in [0.2, 0.25) is 0 Å². The number of amides is 1. The van der Waals surface area contributed by atoms with Crippen molar-refractivity contribution in [2.24, 2.45) is 0 Å². The van der Waals surface area contributed by atoms with Crippen molar-refractivity contribution >= 4 is 55.6 Å². The topological polar surface area (TPSA) is 193 Å². The first-order valence-electron chi connectivity index (χ1n) is 9.40. The summed E-state index contributed by atoms with van der Waals surface area (Å²) in [5.74, 6) is -1.82. The number of nitrogens with two attached hydrogens (primary N) is 1. The molecule has 1 amide bonds. The van der Waals surface area contributed by atoms with Crippen LogP contribution in [0.5, 0.6) is 0 Å². The normalized spacial score (nSPS) is 11.6. The maximum absolute atomic E-state index is 12.3. The predicted molar refractivity (Wildman–Crippen MR) is 115 cm³/mol. The van der Waals surface area contributed by atoms with E-state index in [0.29, 0.717) is 11.4 Å². The van der Waals surface area contributed by atoms with Crippen LogP contribution in [0.25, 0.3) is 11.2 Å². The molecule has 3 aromatic rings. The molecule has 13 heteroatoms. The molecule has 3 rings (SSSR count). The lowest BCUT2D eigenvalue weighted by Gasteiger charge is -2.14. The molecule has 12 nitrogen and oxygen atoms in total. The third kappa shape index (κ3) is 5.87. The number of benzene rings is 1. The second kappa shape index (κ2) is 9.99. The van der Waals surface area contributed by atoms with E-state index in [1.165, 1.54) is 18.3 Å². The van der Waals surface area contributed by atoms with E-state index in [4.69, 9.17) is 5.73 Å². The van der Waals surface area contributed by atoms with E-state index in [1.54, 1.807) is 12.1 Å². The number of H-pyrrole nitrogens is 1. The summed E-state index contributed by atoms with van der Waals surface area (Å²) in [6, 6.07) is 5.17. The highest BCUT2D eigenvalue weighted by Gasteiger charge is 2.20. The standard InChI is InChI=1S/C19H18N7O5.Al/c20-19-25-15-14(17(29)26-19)23-12(9-22-15)8-21-11-5-3-10(4-6-11)16(28)24-13(18(30)31)2-1-7-27;/h3-6,9,13,21H,1-2,8H2,(H,24,28)(H,30,31)(H3,20,22,25,26,29);. The van der Waals surface area contributed by atoms with Gasteiger partial charge in [0.25, 0.3) is 11.5 Å². The fourth-order valence-electron chi connectivity index (χ4n) is 2.77. The number of aliphatic carboxylic acids is 1. The summed E-state index contributed by atoms with van der Waals surface area (Å²) >= 11 is 1.97. The minimum atomic E-state index is -1.21. The monoisotopic (exact) mass is 451 g/mol. The number of carbonyl (C=O) groups is 3. The van der Waals surface area contributed by atoms with Crippen molar-refractivity contribution in [3.05, 3.63) is 52.1 Å². The molecule has 1 unspecified atom stereocenters. The fraction of sp³-hybridized carbons (Fsp3) is 0.211. The average Bonchev–Trinajstić information content (AvgIpc) is 2.75. The molecule has 32 heavy (non-hydrogen) atoms. The van der Waals surface area contributed by atoms with E-state index >= 15 is 0 Å². The van der Waals surface area contributed by atoms with Crippen LogP contribution in [0.3, 0.4) is 0 Å². The minimum Gasteiger partial charge on any atom is -0.480 e. The van der Waals surface area contributed by atoms with E-state index in [1.807, 2.05) is 16.3 Å². The molecule has 2 aromatic heterocycles. The Morgan fingerprint density at radius 3 is 2.56 bits per heavy atom. The van der Waals surface area contributed by atoms with E-state index in [2.05, 4.69) is 30.6 Å². The molecular weight excluding hydrogens is 433 g/mol. The number of rotatable bonds is 9. The first kappa shape index (κ1) is 22.9. The van der Waals surface area contributed by atoms with Crippen molar-refractivity contribution in [1.82, 2.24) is 25.3 Å². The first-order chi connectivity index (χ1) is 15.2. The molecule has 6 N–H and O–H groups in total. The number of nitrogen functional groups attached to an aromatic ring is 1. The number of carboxylic acid groups (broad SMARTS) is 1. The molecule has 0 aliphatic carbocycles. The van der Waals surface area contributed by atoms with E-state index in [9.17, 15) is 24.3 Å². The van der Waals surface area contributed by atoms with Crippen LogP contribution >= 0.6 is 0 Å². The van der Waals surface area contributed by atoms with Crippen LogP contribution < -0.4 is 21.9 Å². The molecule has 2 heterocycles. The second-order valence-electron chi connectivity index (χ2n) is 6.78. The average molecular weight is 451 g/mol. The molecular formula is C19H18AlN7O5. The van der Waals surface area contributed by atoms with Gasteiger partial charge in [0.05, 0.1) is 18.4 Å². The molecule has 0 aliphatic rings. The maximum Gasteiger partial charge on any atom is 0.326 e. The highest BCUT2D eigenvalue weighted by atomic mass is 27.0. The number of nitrogens with one attached hydrogen (secondary N) is 3. The SMILES string of the molecule is Nc1nc2ncc(CNc3ccc(C(=O)NC(CC[C](=O)[Al])C(=O)O)cc3)nc2c(=O)[nH]1. The Morgan fingerprint density at radius 2 is 1.91 bits per heavy atom. The molecule has 0 saturated heterocycles. The number of hydrogen-bond donors (Lipinski definition) is 5. The Bertz CT molecular complexity index is 1230. The van der Waals surface area contributed by atoms with E-state index in [-0.39, 0.29) is 46.7 Å². The molecule has 0 spiro atoms. The van der Waals surface area contributed by atoms with Gasteiger partial charge < -0.3 is 26.3 Å². The highest BCUT2D eigenvalue weighted by Crippen LogP contribution is 2.12. The number of aromatic amines is 1. The number of carboxylic acids is 1.